The molecule has 2 rings (SSSR count). The summed E-state index contributed by atoms with van der Waals surface area (Å²) in [6.07, 6.45) is 4.01. The molecule has 5 heteroatoms. The fourth-order valence-electron chi connectivity index (χ4n) is 1.76. The first-order chi connectivity index (χ1) is 7.38. The Kier molecular flexibility index (Phi) is 5.03. The molecule has 1 saturated heterocycles. The first kappa shape index (κ1) is 12.8. The van der Waals surface area contributed by atoms with E-state index in [1.54, 1.807) is 18.3 Å². The molecule has 0 aromatic carbocycles. The molecule has 2 N–H and O–H groups in total. The van der Waals surface area contributed by atoms with Gasteiger partial charge in [-0.15, -0.1) is 12.4 Å². The van der Waals surface area contributed by atoms with E-state index < -0.39 is 0 Å². The lowest BCUT2D eigenvalue weighted by atomic mass is 10.1. The van der Waals surface area contributed by atoms with Crippen molar-refractivity contribution in [3.8, 4) is 6.07 Å². The average molecular weight is 239 g/mol. The summed E-state index contributed by atoms with van der Waals surface area (Å²) < 4.78 is 0. The highest BCUT2D eigenvalue weighted by molar-refractivity contribution is 5.85. The van der Waals surface area contributed by atoms with E-state index in [0.29, 0.717) is 11.6 Å². The molecule has 16 heavy (non-hydrogen) atoms. The molecule has 0 bridgehead atoms. The van der Waals surface area contributed by atoms with Crippen LogP contribution in [0.5, 0.6) is 0 Å². The van der Waals surface area contributed by atoms with Crippen LogP contribution in [0.1, 0.15) is 18.4 Å². The second-order valence-corrected chi connectivity index (χ2v) is 3.73. The zero-order valence-corrected chi connectivity index (χ0v) is 9.76. The van der Waals surface area contributed by atoms with Crippen molar-refractivity contribution in [3.63, 3.8) is 0 Å². The van der Waals surface area contributed by atoms with E-state index in [-0.39, 0.29) is 12.4 Å². The van der Waals surface area contributed by atoms with Crippen molar-refractivity contribution in [2.24, 2.45) is 0 Å². The van der Waals surface area contributed by atoms with Gasteiger partial charge < -0.3 is 10.6 Å². The van der Waals surface area contributed by atoms with Gasteiger partial charge >= 0.3 is 0 Å². The van der Waals surface area contributed by atoms with E-state index in [1.165, 1.54) is 6.42 Å². The number of hydrogen-bond acceptors (Lipinski definition) is 4. The number of nitriles is 1. The summed E-state index contributed by atoms with van der Waals surface area (Å²) in [7, 11) is 0. The Morgan fingerprint density at radius 2 is 2.44 bits per heavy atom. The van der Waals surface area contributed by atoms with Crippen LogP contribution in [0, 0.1) is 11.3 Å². The van der Waals surface area contributed by atoms with Gasteiger partial charge in [0.1, 0.15) is 5.82 Å². The van der Waals surface area contributed by atoms with Crippen LogP contribution in [0.4, 0.5) is 5.82 Å². The second-order valence-electron chi connectivity index (χ2n) is 3.73. The van der Waals surface area contributed by atoms with Crippen LogP contribution in [-0.4, -0.2) is 24.1 Å². The summed E-state index contributed by atoms with van der Waals surface area (Å²) in [5.41, 5.74) is 0.649. The molecule has 0 saturated carbocycles. The van der Waals surface area contributed by atoms with Gasteiger partial charge in [0.2, 0.25) is 0 Å². The van der Waals surface area contributed by atoms with E-state index in [2.05, 4.69) is 21.7 Å². The largest absolute Gasteiger partial charge is 0.366 e. The molecule has 2 heterocycles. The van der Waals surface area contributed by atoms with Gasteiger partial charge in [0.25, 0.3) is 0 Å². The molecule has 0 amide bonds. The number of anilines is 1. The maximum Gasteiger partial charge on any atom is 0.127 e. The van der Waals surface area contributed by atoms with Crippen LogP contribution in [0.25, 0.3) is 0 Å². The molecule has 1 aromatic rings. The third-order valence-electron chi connectivity index (χ3n) is 2.54. The molecule has 1 fully saturated rings. The quantitative estimate of drug-likeness (QED) is 0.821. The minimum Gasteiger partial charge on any atom is -0.366 e. The van der Waals surface area contributed by atoms with Crippen LogP contribution >= 0.6 is 12.4 Å². The van der Waals surface area contributed by atoms with E-state index in [0.717, 1.165) is 25.3 Å². The monoisotopic (exact) mass is 238 g/mol. The van der Waals surface area contributed by atoms with Gasteiger partial charge in [-0.25, -0.2) is 4.98 Å². The van der Waals surface area contributed by atoms with Crippen LogP contribution in [0.3, 0.4) is 0 Å². The maximum atomic E-state index is 8.75. The zero-order valence-electron chi connectivity index (χ0n) is 8.94. The van der Waals surface area contributed by atoms with Gasteiger partial charge in [-0.3, -0.25) is 0 Å². The van der Waals surface area contributed by atoms with Crippen molar-refractivity contribution in [1.82, 2.24) is 10.3 Å². The third kappa shape index (κ3) is 3.37. The standard InChI is InChI=1S/C11H14N4.ClH/c12-7-9-3-5-14-11(6-9)15-10-2-1-4-13-8-10;/h3,5-6,10,13H,1-2,4,8H2,(H,14,15);1H/t10-;/m1./s1. The van der Waals surface area contributed by atoms with Crippen molar-refractivity contribution in [3.05, 3.63) is 23.9 Å². The van der Waals surface area contributed by atoms with Gasteiger partial charge in [0.05, 0.1) is 11.6 Å². The lowest BCUT2D eigenvalue weighted by molar-refractivity contribution is 0.479. The molecule has 1 aromatic heterocycles. The van der Waals surface area contributed by atoms with Gasteiger partial charge in [-0.1, -0.05) is 0 Å². The smallest absolute Gasteiger partial charge is 0.127 e. The number of piperidine rings is 1. The summed E-state index contributed by atoms with van der Waals surface area (Å²) in [4.78, 5) is 4.19. The first-order valence-electron chi connectivity index (χ1n) is 5.22. The summed E-state index contributed by atoms with van der Waals surface area (Å²) >= 11 is 0. The highest BCUT2D eigenvalue weighted by Crippen LogP contribution is 2.11. The molecule has 4 nitrogen and oxygen atoms in total. The van der Waals surface area contributed by atoms with E-state index in [9.17, 15) is 0 Å². The molecule has 0 unspecified atom stereocenters. The van der Waals surface area contributed by atoms with Gasteiger partial charge in [-0.2, -0.15) is 5.26 Å². The van der Waals surface area contributed by atoms with Crippen LogP contribution < -0.4 is 10.6 Å². The van der Waals surface area contributed by atoms with Crippen molar-refractivity contribution in [2.45, 2.75) is 18.9 Å². The fraction of sp³-hybridized carbons (Fsp3) is 0.455. The number of nitrogens with one attached hydrogen (secondary N) is 2. The van der Waals surface area contributed by atoms with Crippen molar-refractivity contribution < 1.29 is 0 Å². The van der Waals surface area contributed by atoms with Gasteiger partial charge in [-0.05, 0) is 31.5 Å². The molecule has 1 atom stereocenters. The Morgan fingerprint density at radius 3 is 3.12 bits per heavy atom. The molecular weight excluding hydrogens is 224 g/mol. The van der Waals surface area contributed by atoms with Crippen LogP contribution in [0.2, 0.25) is 0 Å². The minimum absolute atomic E-state index is 0. The molecule has 0 aliphatic carbocycles. The molecule has 0 radical (unpaired) electrons. The molecule has 86 valence electrons. The van der Waals surface area contributed by atoms with Gasteiger partial charge in [0.15, 0.2) is 0 Å². The van der Waals surface area contributed by atoms with Crippen molar-refractivity contribution in [1.29, 1.82) is 5.26 Å². The number of rotatable bonds is 2. The Labute approximate surface area is 101 Å². The highest BCUT2D eigenvalue weighted by atomic mass is 35.5. The van der Waals surface area contributed by atoms with Crippen molar-refractivity contribution in [2.75, 3.05) is 18.4 Å². The molecular formula is C11H15ClN4. The average Bonchev–Trinajstić information content (AvgIpc) is 2.31. The van der Waals surface area contributed by atoms with Crippen molar-refractivity contribution >= 4 is 18.2 Å². The van der Waals surface area contributed by atoms with E-state index in [1.807, 2.05) is 0 Å². The fourth-order valence-corrected chi connectivity index (χ4v) is 1.76. The number of aromatic nitrogens is 1. The van der Waals surface area contributed by atoms with E-state index in [4.69, 9.17) is 5.26 Å². The Bertz CT molecular complexity index is 368. The number of halogens is 1. The molecule has 1 aliphatic heterocycles. The SMILES string of the molecule is Cl.N#Cc1ccnc(N[C@@H]2CCCNC2)c1. The predicted octanol–water partition coefficient (Wildman–Crippen LogP) is 1.54. The Balaban J connectivity index is 0.00000128. The maximum absolute atomic E-state index is 8.75. The van der Waals surface area contributed by atoms with Crippen LogP contribution in [0.15, 0.2) is 18.3 Å². The third-order valence-corrected chi connectivity index (χ3v) is 2.54. The topological polar surface area (TPSA) is 60.7 Å². The van der Waals surface area contributed by atoms with E-state index >= 15 is 0 Å². The Morgan fingerprint density at radius 1 is 1.56 bits per heavy atom. The lowest BCUT2D eigenvalue weighted by Gasteiger charge is -2.24. The Hall–Kier alpha value is -1.31. The predicted molar refractivity (Wildman–Crippen MR) is 65.7 cm³/mol. The minimum atomic E-state index is 0. The highest BCUT2D eigenvalue weighted by Gasteiger charge is 2.12. The summed E-state index contributed by atoms with van der Waals surface area (Å²) in [6.45, 7) is 2.07. The number of pyridine rings is 1. The normalized spacial score (nSPS) is 19.3. The zero-order chi connectivity index (χ0) is 10.5. The number of hydrogen-bond donors (Lipinski definition) is 2. The lowest BCUT2D eigenvalue weighted by Crippen LogP contribution is -2.38. The summed E-state index contributed by atoms with van der Waals surface area (Å²) in [6, 6.07) is 6.04. The molecule has 1 aliphatic rings. The number of nitrogens with zero attached hydrogens (tertiary/aromatic N) is 2. The summed E-state index contributed by atoms with van der Waals surface area (Å²) in [5.74, 6) is 0.794. The molecule has 0 spiro atoms. The summed E-state index contributed by atoms with van der Waals surface area (Å²) in [5, 5.41) is 15.4. The second kappa shape index (κ2) is 6.31. The van der Waals surface area contributed by atoms with Gasteiger partial charge in [0, 0.05) is 18.8 Å². The first-order valence-corrected chi connectivity index (χ1v) is 5.22. The van der Waals surface area contributed by atoms with Crippen LogP contribution in [-0.2, 0) is 0 Å².